The van der Waals surface area contributed by atoms with Crippen LogP contribution in [0.15, 0.2) is 41.0 Å². The number of benzene rings is 1. The molecule has 2 rings (SSSR count). The Kier molecular flexibility index (Phi) is 3.83. The maximum Gasteiger partial charge on any atom is 0.125 e. The Morgan fingerprint density at radius 3 is 2.59 bits per heavy atom. The quantitative estimate of drug-likeness (QED) is 0.858. The Balaban J connectivity index is 2.23. The lowest BCUT2D eigenvalue weighted by Crippen LogP contribution is -2.04. The standard InChI is InChI=1S/C14H17NO2/c1-3-16-12-6-4-11(5-7-12)13-8-9-17-14(13)10-15-2/h4-9,15H,3,10H2,1-2H3. The molecule has 90 valence electrons. The van der Waals surface area contributed by atoms with Gasteiger partial charge in [-0.15, -0.1) is 0 Å². The molecule has 1 aromatic carbocycles. The summed E-state index contributed by atoms with van der Waals surface area (Å²) >= 11 is 0. The van der Waals surface area contributed by atoms with E-state index in [0.717, 1.165) is 29.2 Å². The first-order valence-electron chi connectivity index (χ1n) is 5.79. The highest BCUT2D eigenvalue weighted by Gasteiger charge is 2.07. The minimum atomic E-state index is 0.691. The predicted molar refractivity (Wildman–Crippen MR) is 68.1 cm³/mol. The van der Waals surface area contributed by atoms with E-state index in [1.165, 1.54) is 0 Å². The molecule has 0 amide bonds. The van der Waals surface area contributed by atoms with Gasteiger partial charge in [-0.25, -0.2) is 0 Å². The van der Waals surface area contributed by atoms with Gasteiger partial charge in [-0.1, -0.05) is 12.1 Å². The maximum absolute atomic E-state index is 5.44. The third kappa shape index (κ3) is 2.68. The van der Waals surface area contributed by atoms with Crippen molar-refractivity contribution >= 4 is 0 Å². The molecule has 0 spiro atoms. The van der Waals surface area contributed by atoms with E-state index in [4.69, 9.17) is 9.15 Å². The smallest absolute Gasteiger partial charge is 0.125 e. The molecular formula is C14H17NO2. The molecule has 3 nitrogen and oxygen atoms in total. The lowest BCUT2D eigenvalue weighted by Gasteiger charge is -2.05. The highest BCUT2D eigenvalue weighted by Crippen LogP contribution is 2.26. The molecule has 0 fully saturated rings. The average molecular weight is 231 g/mol. The first kappa shape index (κ1) is 11.7. The van der Waals surface area contributed by atoms with Gasteiger partial charge in [0.05, 0.1) is 19.4 Å². The van der Waals surface area contributed by atoms with Crippen molar-refractivity contribution in [1.29, 1.82) is 0 Å². The van der Waals surface area contributed by atoms with Gasteiger partial charge in [-0.05, 0) is 37.7 Å². The first-order chi connectivity index (χ1) is 8.35. The second-order valence-electron chi connectivity index (χ2n) is 3.75. The van der Waals surface area contributed by atoms with Crippen LogP contribution in [0.4, 0.5) is 0 Å². The minimum absolute atomic E-state index is 0.691. The van der Waals surface area contributed by atoms with E-state index in [-0.39, 0.29) is 0 Å². The fourth-order valence-electron chi connectivity index (χ4n) is 1.79. The molecule has 0 atom stereocenters. The zero-order valence-electron chi connectivity index (χ0n) is 10.2. The molecule has 0 saturated carbocycles. The van der Waals surface area contributed by atoms with Crippen LogP contribution in [0.1, 0.15) is 12.7 Å². The topological polar surface area (TPSA) is 34.4 Å². The molecule has 0 unspecified atom stereocenters. The number of hydrogen-bond donors (Lipinski definition) is 1. The summed E-state index contributed by atoms with van der Waals surface area (Å²) in [4.78, 5) is 0. The lowest BCUT2D eigenvalue weighted by atomic mass is 10.1. The number of rotatable bonds is 5. The Morgan fingerprint density at radius 1 is 1.18 bits per heavy atom. The van der Waals surface area contributed by atoms with Crippen LogP contribution >= 0.6 is 0 Å². The van der Waals surface area contributed by atoms with Gasteiger partial charge in [0.2, 0.25) is 0 Å². The highest BCUT2D eigenvalue weighted by molar-refractivity contribution is 5.66. The van der Waals surface area contributed by atoms with Crippen molar-refractivity contribution in [3.05, 3.63) is 42.4 Å². The molecule has 1 N–H and O–H groups in total. The van der Waals surface area contributed by atoms with Gasteiger partial charge in [0.25, 0.3) is 0 Å². The number of nitrogens with one attached hydrogen (secondary N) is 1. The van der Waals surface area contributed by atoms with E-state index in [1.54, 1.807) is 6.26 Å². The van der Waals surface area contributed by atoms with E-state index in [0.29, 0.717) is 6.61 Å². The van der Waals surface area contributed by atoms with Gasteiger partial charge in [0.1, 0.15) is 11.5 Å². The second kappa shape index (κ2) is 5.55. The third-order valence-corrected chi connectivity index (χ3v) is 2.56. The Labute approximate surface area is 101 Å². The lowest BCUT2D eigenvalue weighted by molar-refractivity contribution is 0.340. The van der Waals surface area contributed by atoms with E-state index in [2.05, 4.69) is 17.4 Å². The summed E-state index contributed by atoms with van der Waals surface area (Å²) in [6.45, 7) is 3.40. The molecule has 0 saturated heterocycles. The normalized spacial score (nSPS) is 10.5. The third-order valence-electron chi connectivity index (χ3n) is 2.56. The molecule has 1 aromatic heterocycles. The van der Waals surface area contributed by atoms with Crippen LogP contribution in [-0.2, 0) is 6.54 Å². The highest BCUT2D eigenvalue weighted by atomic mass is 16.5. The van der Waals surface area contributed by atoms with Crippen molar-refractivity contribution in [3.8, 4) is 16.9 Å². The molecule has 1 heterocycles. The maximum atomic E-state index is 5.44. The Morgan fingerprint density at radius 2 is 1.94 bits per heavy atom. The van der Waals surface area contributed by atoms with Crippen molar-refractivity contribution in [2.24, 2.45) is 0 Å². The predicted octanol–water partition coefficient (Wildman–Crippen LogP) is 3.06. The van der Waals surface area contributed by atoms with Crippen molar-refractivity contribution in [2.45, 2.75) is 13.5 Å². The number of furan rings is 1. The van der Waals surface area contributed by atoms with Crippen LogP contribution in [0, 0.1) is 0 Å². The van der Waals surface area contributed by atoms with Crippen LogP contribution < -0.4 is 10.1 Å². The van der Waals surface area contributed by atoms with Gasteiger partial charge in [0, 0.05) is 5.56 Å². The summed E-state index contributed by atoms with van der Waals surface area (Å²) in [7, 11) is 1.91. The zero-order valence-corrected chi connectivity index (χ0v) is 10.2. The van der Waals surface area contributed by atoms with E-state index < -0.39 is 0 Å². The monoisotopic (exact) mass is 231 g/mol. The Bertz CT molecular complexity index is 459. The number of hydrogen-bond acceptors (Lipinski definition) is 3. The molecule has 0 aliphatic heterocycles. The summed E-state index contributed by atoms with van der Waals surface area (Å²) in [6.07, 6.45) is 1.72. The summed E-state index contributed by atoms with van der Waals surface area (Å²) in [5.41, 5.74) is 2.27. The molecule has 17 heavy (non-hydrogen) atoms. The van der Waals surface area contributed by atoms with Crippen LogP contribution in [0.2, 0.25) is 0 Å². The summed E-state index contributed by atoms with van der Waals surface area (Å²) in [5, 5.41) is 3.09. The van der Waals surface area contributed by atoms with Crippen LogP contribution in [0.3, 0.4) is 0 Å². The van der Waals surface area contributed by atoms with Gasteiger partial charge in [0.15, 0.2) is 0 Å². The van der Waals surface area contributed by atoms with Crippen LogP contribution in [0.25, 0.3) is 11.1 Å². The van der Waals surface area contributed by atoms with E-state index in [1.807, 2.05) is 32.2 Å². The van der Waals surface area contributed by atoms with Crippen molar-refractivity contribution in [1.82, 2.24) is 5.32 Å². The molecule has 0 bridgehead atoms. The second-order valence-corrected chi connectivity index (χ2v) is 3.75. The molecule has 3 heteroatoms. The molecular weight excluding hydrogens is 214 g/mol. The minimum Gasteiger partial charge on any atom is -0.494 e. The van der Waals surface area contributed by atoms with Crippen molar-refractivity contribution in [3.63, 3.8) is 0 Å². The van der Waals surface area contributed by atoms with Gasteiger partial charge >= 0.3 is 0 Å². The summed E-state index contributed by atoms with van der Waals surface area (Å²) in [6, 6.07) is 10.1. The Hall–Kier alpha value is -1.74. The zero-order chi connectivity index (χ0) is 12.1. The van der Waals surface area contributed by atoms with Gasteiger partial charge in [-0.2, -0.15) is 0 Å². The van der Waals surface area contributed by atoms with Crippen LogP contribution in [0.5, 0.6) is 5.75 Å². The summed E-state index contributed by atoms with van der Waals surface area (Å²) in [5.74, 6) is 1.85. The van der Waals surface area contributed by atoms with Crippen molar-refractivity contribution < 1.29 is 9.15 Å². The molecule has 0 aliphatic rings. The van der Waals surface area contributed by atoms with Gasteiger partial charge < -0.3 is 14.5 Å². The fourth-order valence-corrected chi connectivity index (χ4v) is 1.79. The molecule has 2 aromatic rings. The molecule has 0 aliphatic carbocycles. The number of ether oxygens (including phenoxy) is 1. The van der Waals surface area contributed by atoms with E-state index >= 15 is 0 Å². The van der Waals surface area contributed by atoms with Gasteiger partial charge in [-0.3, -0.25) is 0 Å². The largest absolute Gasteiger partial charge is 0.494 e. The molecule has 0 radical (unpaired) electrons. The van der Waals surface area contributed by atoms with Crippen LogP contribution in [-0.4, -0.2) is 13.7 Å². The summed E-state index contributed by atoms with van der Waals surface area (Å²) < 4.78 is 10.9. The first-order valence-corrected chi connectivity index (χ1v) is 5.79. The fraction of sp³-hybridized carbons (Fsp3) is 0.286. The van der Waals surface area contributed by atoms with E-state index in [9.17, 15) is 0 Å². The van der Waals surface area contributed by atoms with Crippen molar-refractivity contribution in [2.75, 3.05) is 13.7 Å². The SMILES string of the molecule is CCOc1ccc(-c2ccoc2CNC)cc1. The average Bonchev–Trinajstić information content (AvgIpc) is 2.79.